The summed E-state index contributed by atoms with van der Waals surface area (Å²) in [5.74, 6) is 0.228. The number of methoxy groups -OCH3 is 1. The fourth-order valence-electron chi connectivity index (χ4n) is 3.11. The number of hydrogen-bond donors (Lipinski definition) is 1. The summed E-state index contributed by atoms with van der Waals surface area (Å²) in [7, 11) is -2.31. The van der Waals surface area contributed by atoms with E-state index in [0.29, 0.717) is 31.9 Å². The molecule has 1 fully saturated rings. The van der Waals surface area contributed by atoms with Crippen molar-refractivity contribution in [1.29, 1.82) is 0 Å². The molecule has 30 heavy (non-hydrogen) atoms. The zero-order valence-electron chi connectivity index (χ0n) is 16.4. The van der Waals surface area contributed by atoms with Gasteiger partial charge in [-0.25, -0.2) is 13.1 Å². The van der Waals surface area contributed by atoms with E-state index in [-0.39, 0.29) is 23.0 Å². The van der Waals surface area contributed by atoms with Crippen molar-refractivity contribution in [3.8, 4) is 5.75 Å². The molecule has 11 heteroatoms. The van der Waals surface area contributed by atoms with Crippen LogP contribution in [0.2, 0.25) is 0 Å². The molecule has 1 saturated heterocycles. The topological polar surface area (TPSA) is 122 Å². The van der Waals surface area contributed by atoms with Gasteiger partial charge in [0.25, 0.3) is 5.69 Å². The molecule has 0 unspecified atom stereocenters. The largest absolute Gasteiger partial charge is 0.497 e. The van der Waals surface area contributed by atoms with Gasteiger partial charge in [0.1, 0.15) is 5.75 Å². The van der Waals surface area contributed by atoms with Gasteiger partial charge in [-0.1, -0.05) is 0 Å². The van der Waals surface area contributed by atoms with Crippen LogP contribution in [0.1, 0.15) is 0 Å². The van der Waals surface area contributed by atoms with Crippen molar-refractivity contribution >= 4 is 27.3 Å². The third-order valence-corrected chi connectivity index (χ3v) is 6.26. The number of benzene rings is 2. The Labute approximate surface area is 174 Å². The smallest absolute Gasteiger partial charge is 0.269 e. The molecule has 0 radical (unpaired) electrons. The van der Waals surface area contributed by atoms with E-state index in [9.17, 15) is 23.3 Å². The molecule has 0 spiro atoms. The van der Waals surface area contributed by atoms with Gasteiger partial charge in [0, 0.05) is 44.0 Å². The predicted molar refractivity (Wildman–Crippen MR) is 110 cm³/mol. The van der Waals surface area contributed by atoms with Gasteiger partial charge in [0.2, 0.25) is 15.9 Å². The molecular weight excluding hydrogens is 412 g/mol. The monoisotopic (exact) mass is 434 g/mol. The second-order valence-electron chi connectivity index (χ2n) is 6.64. The maximum Gasteiger partial charge on any atom is 0.269 e. The van der Waals surface area contributed by atoms with Gasteiger partial charge in [-0.3, -0.25) is 14.9 Å². The standard InChI is InChI=1S/C19H22N4O6S/c1-29-17-6-8-18(9-7-17)30(27,28)20-14-19(24)22-12-10-21(11-13-22)15-2-4-16(5-3-15)23(25)26/h2-9,20H,10-14H2,1H3. The number of carbonyl (C=O) groups is 1. The SMILES string of the molecule is COc1ccc(S(=O)(=O)NCC(=O)N2CCN(c3ccc([N+](=O)[O-])cc3)CC2)cc1. The van der Waals surface area contributed by atoms with Crippen LogP contribution >= 0.6 is 0 Å². The number of nitrogens with one attached hydrogen (secondary N) is 1. The quantitative estimate of drug-likeness (QED) is 0.514. The van der Waals surface area contributed by atoms with E-state index >= 15 is 0 Å². The number of piperazine rings is 1. The first-order valence-corrected chi connectivity index (χ1v) is 10.7. The van der Waals surface area contributed by atoms with Crippen molar-refractivity contribution in [3.05, 3.63) is 58.6 Å². The second-order valence-corrected chi connectivity index (χ2v) is 8.41. The summed E-state index contributed by atoms with van der Waals surface area (Å²) in [6, 6.07) is 12.1. The number of sulfonamides is 1. The molecule has 0 bridgehead atoms. The van der Waals surface area contributed by atoms with E-state index in [1.54, 1.807) is 17.0 Å². The van der Waals surface area contributed by atoms with Crippen molar-refractivity contribution in [3.63, 3.8) is 0 Å². The lowest BCUT2D eigenvalue weighted by Crippen LogP contribution is -2.51. The summed E-state index contributed by atoms with van der Waals surface area (Å²) in [6.07, 6.45) is 0. The van der Waals surface area contributed by atoms with Crippen LogP contribution in [-0.2, 0) is 14.8 Å². The zero-order valence-corrected chi connectivity index (χ0v) is 17.2. The van der Waals surface area contributed by atoms with E-state index in [1.807, 2.05) is 4.90 Å². The zero-order chi connectivity index (χ0) is 21.7. The minimum atomic E-state index is -3.80. The number of carbonyl (C=O) groups excluding carboxylic acids is 1. The fraction of sp³-hybridized carbons (Fsp3) is 0.316. The first-order valence-electron chi connectivity index (χ1n) is 9.21. The summed E-state index contributed by atoms with van der Waals surface area (Å²) in [4.78, 5) is 26.4. The van der Waals surface area contributed by atoms with E-state index in [1.165, 1.54) is 43.5 Å². The lowest BCUT2D eigenvalue weighted by atomic mass is 10.2. The molecule has 1 heterocycles. The predicted octanol–water partition coefficient (Wildman–Crippen LogP) is 1.23. The molecular formula is C19H22N4O6S. The van der Waals surface area contributed by atoms with Crippen molar-refractivity contribution in [2.24, 2.45) is 0 Å². The van der Waals surface area contributed by atoms with Gasteiger partial charge in [-0.2, -0.15) is 0 Å². The van der Waals surface area contributed by atoms with Crippen LogP contribution in [0.3, 0.4) is 0 Å². The molecule has 1 N–H and O–H groups in total. The molecule has 160 valence electrons. The molecule has 10 nitrogen and oxygen atoms in total. The van der Waals surface area contributed by atoms with Crippen LogP contribution < -0.4 is 14.4 Å². The van der Waals surface area contributed by atoms with E-state index in [0.717, 1.165) is 5.69 Å². The highest BCUT2D eigenvalue weighted by atomic mass is 32.2. The number of non-ortho nitro benzene ring substituents is 1. The Morgan fingerprint density at radius 2 is 1.67 bits per heavy atom. The lowest BCUT2D eigenvalue weighted by Gasteiger charge is -2.36. The van der Waals surface area contributed by atoms with Crippen LogP contribution in [0.25, 0.3) is 0 Å². The third-order valence-electron chi connectivity index (χ3n) is 4.84. The van der Waals surface area contributed by atoms with E-state index in [4.69, 9.17) is 4.74 Å². The average molecular weight is 434 g/mol. The molecule has 1 amide bonds. The molecule has 3 rings (SSSR count). The van der Waals surface area contributed by atoms with E-state index < -0.39 is 14.9 Å². The summed E-state index contributed by atoms with van der Waals surface area (Å²) in [6.45, 7) is 1.63. The Morgan fingerprint density at radius 1 is 1.07 bits per heavy atom. The molecule has 0 atom stereocenters. The average Bonchev–Trinajstić information content (AvgIpc) is 2.77. The minimum Gasteiger partial charge on any atom is -0.497 e. The summed E-state index contributed by atoms with van der Waals surface area (Å²) >= 11 is 0. The molecule has 2 aromatic rings. The molecule has 1 aliphatic rings. The Hall–Kier alpha value is -3.18. The van der Waals surface area contributed by atoms with Crippen molar-refractivity contribution in [2.75, 3.05) is 44.7 Å². The number of rotatable bonds is 7. The van der Waals surface area contributed by atoms with Crippen LogP contribution in [0.4, 0.5) is 11.4 Å². The highest BCUT2D eigenvalue weighted by Crippen LogP contribution is 2.21. The number of nitrogens with zero attached hydrogens (tertiary/aromatic N) is 3. The number of hydrogen-bond acceptors (Lipinski definition) is 7. The van der Waals surface area contributed by atoms with Crippen LogP contribution in [0.5, 0.6) is 5.75 Å². The highest BCUT2D eigenvalue weighted by molar-refractivity contribution is 7.89. The fourth-order valence-corrected chi connectivity index (χ4v) is 4.08. The highest BCUT2D eigenvalue weighted by Gasteiger charge is 2.23. The molecule has 0 aliphatic carbocycles. The first-order chi connectivity index (χ1) is 14.3. The molecule has 0 saturated carbocycles. The maximum atomic E-state index is 12.4. The number of amides is 1. The van der Waals surface area contributed by atoms with Crippen molar-refractivity contribution in [1.82, 2.24) is 9.62 Å². The normalized spacial score (nSPS) is 14.4. The minimum absolute atomic E-state index is 0.0247. The summed E-state index contributed by atoms with van der Waals surface area (Å²) in [5.41, 5.74) is 0.865. The Morgan fingerprint density at radius 3 is 2.20 bits per heavy atom. The Kier molecular flexibility index (Phi) is 6.53. The second kappa shape index (κ2) is 9.09. The van der Waals surface area contributed by atoms with E-state index in [2.05, 4.69) is 4.72 Å². The van der Waals surface area contributed by atoms with Crippen LogP contribution in [0.15, 0.2) is 53.4 Å². The number of nitro groups is 1. The Bertz CT molecular complexity index is 1000. The van der Waals surface area contributed by atoms with Crippen molar-refractivity contribution in [2.45, 2.75) is 4.90 Å². The van der Waals surface area contributed by atoms with Crippen LogP contribution in [0, 0.1) is 10.1 Å². The molecule has 0 aromatic heterocycles. The lowest BCUT2D eigenvalue weighted by molar-refractivity contribution is -0.384. The van der Waals surface area contributed by atoms with Gasteiger partial charge in [0.05, 0.1) is 23.5 Å². The van der Waals surface area contributed by atoms with Crippen molar-refractivity contribution < 1.29 is 22.9 Å². The van der Waals surface area contributed by atoms with Gasteiger partial charge >= 0.3 is 0 Å². The third kappa shape index (κ3) is 5.05. The van der Waals surface area contributed by atoms with Crippen LogP contribution in [-0.4, -0.2) is 64.0 Å². The summed E-state index contributed by atoms with van der Waals surface area (Å²) in [5, 5.41) is 10.8. The van der Waals surface area contributed by atoms with Gasteiger partial charge in [-0.05, 0) is 36.4 Å². The Balaban J connectivity index is 1.51. The summed E-state index contributed by atoms with van der Waals surface area (Å²) < 4.78 is 32.0. The number of nitro benzene ring substituents is 1. The van der Waals surface area contributed by atoms with Gasteiger partial charge < -0.3 is 14.5 Å². The maximum absolute atomic E-state index is 12.4. The number of anilines is 1. The number of ether oxygens (including phenoxy) is 1. The molecule has 1 aliphatic heterocycles. The molecule has 2 aromatic carbocycles. The first kappa shape index (κ1) is 21.5. The van der Waals surface area contributed by atoms with Gasteiger partial charge in [-0.15, -0.1) is 0 Å². The van der Waals surface area contributed by atoms with Gasteiger partial charge in [0.15, 0.2) is 0 Å².